The van der Waals surface area contributed by atoms with Crippen LogP contribution in [-0.4, -0.2) is 4.98 Å². The van der Waals surface area contributed by atoms with E-state index in [2.05, 4.69) is 132 Å². The van der Waals surface area contributed by atoms with Gasteiger partial charge in [0, 0.05) is 38.8 Å². The van der Waals surface area contributed by atoms with Gasteiger partial charge in [-0.05, 0) is 82.6 Å². The summed E-state index contributed by atoms with van der Waals surface area (Å²) in [5.74, 6) is 0.619. The van der Waals surface area contributed by atoms with Crippen LogP contribution in [0.3, 0.4) is 0 Å². The lowest BCUT2D eigenvalue weighted by Crippen LogP contribution is -2.11. The Bertz CT molecular complexity index is 2860. The topological polar surface area (TPSA) is 42.4 Å². The average Bonchev–Trinajstić information content (AvgIpc) is 3.81. The number of benzene rings is 8. The molecule has 2 heterocycles. The smallest absolute Gasteiger partial charge is 0.227 e. The summed E-state index contributed by atoms with van der Waals surface area (Å²) < 4.78 is 12.4. The van der Waals surface area contributed by atoms with Gasteiger partial charge in [-0.3, -0.25) is 0 Å². The van der Waals surface area contributed by atoms with Gasteiger partial charge in [0.2, 0.25) is 5.89 Å². The largest absolute Gasteiger partial charge is 0.456 e. The van der Waals surface area contributed by atoms with Crippen molar-refractivity contribution in [1.29, 1.82) is 0 Å². The molecule has 0 aliphatic heterocycles. The minimum atomic E-state index is 0.619. The molecular weight excluding hydrogens is 625 g/mol. The van der Waals surface area contributed by atoms with Gasteiger partial charge in [0.1, 0.15) is 16.7 Å². The van der Waals surface area contributed by atoms with Crippen LogP contribution in [0, 0.1) is 0 Å². The first-order valence-electron chi connectivity index (χ1n) is 17.1. The van der Waals surface area contributed by atoms with Crippen LogP contribution in [0.15, 0.2) is 191 Å². The third kappa shape index (κ3) is 4.96. The molecule has 4 heteroatoms. The number of nitrogens with zero attached hydrogens (tertiary/aromatic N) is 2. The van der Waals surface area contributed by atoms with Gasteiger partial charge in [-0.15, -0.1) is 0 Å². The zero-order valence-corrected chi connectivity index (χ0v) is 27.5. The zero-order valence-electron chi connectivity index (χ0n) is 27.5. The summed E-state index contributed by atoms with van der Waals surface area (Å²) in [6, 6.07) is 63.4. The predicted molar refractivity (Wildman–Crippen MR) is 210 cm³/mol. The molecule has 0 saturated heterocycles. The molecule has 4 nitrogen and oxygen atoms in total. The van der Waals surface area contributed by atoms with Gasteiger partial charge in [-0.2, -0.15) is 0 Å². The van der Waals surface area contributed by atoms with Gasteiger partial charge in [0.25, 0.3) is 0 Å². The summed E-state index contributed by atoms with van der Waals surface area (Å²) in [5.41, 5.74) is 11.9. The number of rotatable bonds is 6. The van der Waals surface area contributed by atoms with E-state index in [-0.39, 0.29) is 0 Å². The fraction of sp³-hybridized carbons (Fsp3) is 0. The molecule has 2 aromatic heterocycles. The Morgan fingerprint density at radius 3 is 1.94 bits per heavy atom. The molecule has 0 aliphatic carbocycles. The highest BCUT2D eigenvalue weighted by molar-refractivity contribution is 6.07. The van der Waals surface area contributed by atoms with Crippen molar-refractivity contribution >= 4 is 60.9 Å². The summed E-state index contributed by atoms with van der Waals surface area (Å²) in [7, 11) is 0. The van der Waals surface area contributed by atoms with Crippen molar-refractivity contribution in [2.45, 2.75) is 0 Å². The van der Waals surface area contributed by atoms with Crippen LogP contribution < -0.4 is 4.90 Å². The van der Waals surface area contributed by atoms with Gasteiger partial charge in [0.05, 0.1) is 5.69 Å². The zero-order chi connectivity index (χ0) is 33.7. The first-order valence-corrected chi connectivity index (χ1v) is 17.1. The van der Waals surface area contributed by atoms with E-state index in [0.717, 1.165) is 72.4 Å². The second-order valence-electron chi connectivity index (χ2n) is 12.7. The molecule has 10 aromatic rings. The molecule has 0 spiro atoms. The molecule has 0 amide bonds. The predicted octanol–water partition coefficient (Wildman–Crippen LogP) is 13.4. The second-order valence-corrected chi connectivity index (χ2v) is 12.7. The van der Waals surface area contributed by atoms with Crippen molar-refractivity contribution in [3.8, 4) is 33.7 Å². The molecule has 0 saturated carbocycles. The van der Waals surface area contributed by atoms with Crippen LogP contribution in [0.4, 0.5) is 17.1 Å². The average molecular weight is 655 g/mol. The molecule has 0 atom stereocenters. The van der Waals surface area contributed by atoms with Crippen LogP contribution >= 0.6 is 0 Å². The van der Waals surface area contributed by atoms with Crippen LogP contribution in [0.1, 0.15) is 0 Å². The van der Waals surface area contributed by atoms with Crippen molar-refractivity contribution < 1.29 is 8.83 Å². The van der Waals surface area contributed by atoms with Gasteiger partial charge in [-0.1, -0.05) is 121 Å². The number of oxazole rings is 1. The van der Waals surface area contributed by atoms with E-state index < -0.39 is 0 Å². The number of para-hydroxylation sites is 3. The van der Waals surface area contributed by atoms with Crippen molar-refractivity contribution in [3.05, 3.63) is 182 Å². The Morgan fingerprint density at radius 1 is 0.392 bits per heavy atom. The SMILES string of the molecule is c1ccc(-c2nc3c(-c4ccc(N(c5ccc6oc7ccccc7c6c5)c5ccccc5-c5cccc6ccccc56)cc4)cccc3o2)cc1. The Hall–Kier alpha value is -6.91. The summed E-state index contributed by atoms with van der Waals surface area (Å²) in [5, 5.41) is 4.61. The molecule has 8 aromatic carbocycles. The highest BCUT2D eigenvalue weighted by Crippen LogP contribution is 2.44. The molecule has 0 bridgehead atoms. The van der Waals surface area contributed by atoms with E-state index >= 15 is 0 Å². The van der Waals surface area contributed by atoms with Crippen molar-refractivity contribution in [2.24, 2.45) is 0 Å². The molecule has 0 fully saturated rings. The minimum absolute atomic E-state index is 0.619. The Kier molecular flexibility index (Phi) is 6.78. The standard InChI is InChI=1S/C47H30N2O2/c1-2-13-33(14-3-1)47-48-46-37(19-11-23-45(46)51-47)32-24-26-34(27-25-32)49(35-28-29-44-41(30-35)40-18-7-9-22-43(40)50-44)42-21-8-6-17-39(42)38-20-10-15-31-12-4-5-16-36(31)38/h1-30H. The monoisotopic (exact) mass is 654 g/mol. The van der Waals surface area contributed by atoms with Gasteiger partial charge in [0.15, 0.2) is 5.58 Å². The molecule has 240 valence electrons. The molecule has 51 heavy (non-hydrogen) atoms. The number of anilines is 3. The number of hydrogen-bond acceptors (Lipinski definition) is 4. The van der Waals surface area contributed by atoms with Gasteiger partial charge in [-0.25, -0.2) is 4.98 Å². The van der Waals surface area contributed by atoms with E-state index in [9.17, 15) is 0 Å². The Balaban J connectivity index is 1.14. The number of fused-ring (bicyclic) bond motifs is 5. The fourth-order valence-corrected chi connectivity index (χ4v) is 7.31. The molecular formula is C47H30N2O2. The third-order valence-electron chi connectivity index (χ3n) is 9.72. The third-order valence-corrected chi connectivity index (χ3v) is 9.72. The molecule has 0 unspecified atom stereocenters. The molecule has 0 aliphatic rings. The summed E-state index contributed by atoms with van der Waals surface area (Å²) >= 11 is 0. The highest BCUT2D eigenvalue weighted by Gasteiger charge is 2.20. The maximum absolute atomic E-state index is 6.24. The van der Waals surface area contributed by atoms with Crippen LogP contribution in [-0.2, 0) is 0 Å². The first-order chi connectivity index (χ1) is 25.3. The number of aromatic nitrogens is 1. The van der Waals surface area contributed by atoms with Crippen molar-refractivity contribution in [1.82, 2.24) is 4.98 Å². The molecule has 0 radical (unpaired) electrons. The van der Waals surface area contributed by atoms with Crippen molar-refractivity contribution in [3.63, 3.8) is 0 Å². The summed E-state index contributed by atoms with van der Waals surface area (Å²) in [6.45, 7) is 0. The highest BCUT2D eigenvalue weighted by atomic mass is 16.3. The van der Waals surface area contributed by atoms with E-state index in [1.165, 1.54) is 16.3 Å². The second kappa shape index (κ2) is 11.9. The summed E-state index contributed by atoms with van der Waals surface area (Å²) in [4.78, 5) is 7.30. The minimum Gasteiger partial charge on any atom is -0.456 e. The quantitative estimate of drug-likeness (QED) is 0.179. The van der Waals surface area contributed by atoms with E-state index in [4.69, 9.17) is 13.8 Å². The van der Waals surface area contributed by atoms with Crippen LogP contribution in [0.2, 0.25) is 0 Å². The lowest BCUT2D eigenvalue weighted by atomic mass is 9.96. The molecule has 10 rings (SSSR count). The Labute approximate surface area is 294 Å². The first kappa shape index (κ1) is 29.0. The number of furan rings is 1. The maximum Gasteiger partial charge on any atom is 0.227 e. The van der Waals surface area contributed by atoms with Crippen molar-refractivity contribution in [2.75, 3.05) is 4.90 Å². The lowest BCUT2D eigenvalue weighted by molar-refractivity contribution is 0.620. The van der Waals surface area contributed by atoms with Crippen LogP contribution in [0.25, 0.3) is 77.5 Å². The lowest BCUT2D eigenvalue weighted by Gasteiger charge is -2.28. The van der Waals surface area contributed by atoms with E-state index in [0.29, 0.717) is 5.89 Å². The Morgan fingerprint density at radius 2 is 1.04 bits per heavy atom. The molecule has 0 N–H and O–H groups in total. The normalized spacial score (nSPS) is 11.5. The fourth-order valence-electron chi connectivity index (χ4n) is 7.31. The van der Waals surface area contributed by atoms with E-state index in [1.807, 2.05) is 54.6 Å². The number of hydrogen-bond donors (Lipinski definition) is 0. The van der Waals surface area contributed by atoms with Gasteiger partial charge < -0.3 is 13.7 Å². The van der Waals surface area contributed by atoms with Crippen LogP contribution in [0.5, 0.6) is 0 Å². The summed E-state index contributed by atoms with van der Waals surface area (Å²) in [6.07, 6.45) is 0. The van der Waals surface area contributed by atoms with E-state index in [1.54, 1.807) is 0 Å². The van der Waals surface area contributed by atoms with Gasteiger partial charge >= 0.3 is 0 Å². The maximum atomic E-state index is 6.24.